The van der Waals surface area contributed by atoms with E-state index in [0.29, 0.717) is 13.5 Å². The molecular weight excluding hydrogens is 186 g/mol. The first-order valence-electron chi connectivity index (χ1n) is 5.79. The smallest absolute Gasteiger partial charge is 0.210 e. The Kier molecular flexibility index (Phi) is 5.93. The average Bonchev–Trinajstić information content (AvgIpc) is 2.01. The van der Waals surface area contributed by atoms with Crippen molar-refractivity contribution in [3.8, 4) is 0 Å². The second kappa shape index (κ2) is 5.92. The minimum absolute atomic E-state index is 0.192. The van der Waals surface area contributed by atoms with E-state index in [1.54, 1.807) is 0 Å². The maximum Gasteiger partial charge on any atom is 0.210 e. The largest absolute Gasteiger partial charge is 0.379 e. The number of hydrogen-bond acceptors (Lipinski definition) is 3. The summed E-state index contributed by atoms with van der Waals surface area (Å²) in [7, 11) is 1.46. The van der Waals surface area contributed by atoms with Crippen molar-refractivity contribution in [2.24, 2.45) is 11.4 Å². The van der Waals surface area contributed by atoms with Gasteiger partial charge in [-0.15, -0.1) is 0 Å². The molecule has 0 bridgehead atoms. The Labute approximate surface area is 95.8 Å². The van der Waals surface area contributed by atoms with Gasteiger partial charge in [-0.2, -0.15) is 0 Å². The molecule has 0 aliphatic rings. The van der Waals surface area contributed by atoms with Crippen LogP contribution in [0.15, 0.2) is 0 Å². The second-order valence-electron chi connectivity index (χ2n) is 5.87. The summed E-state index contributed by atoms with van der Waals surface area (Å²) >= 11 is 0. The molecule has 1 unspecified atom stereocenters. The van der Waals surface area contributed by atoms with Crippen molar-refractivity contribution in [1.29, 1.82) is 0 Å². The molecule has 3 nitrogen and oxygen atoms in total. The maximum absolute atomic E-state index is 6.07. The van der Waals surface area contributed by atoms with Crippen molar-refractivity contribution in [1.82, 2.24) is 0 Å². The second-order valence-corrected chi connectivity index (χ2v) is 5.87. The molecule has 0 aliphatic heterocycles. The number of ether oxygens (including phenoxy) is 1. The molecule has 0 aromatic heterocycles. The van der Waals surface area contributed by atoms with E-state index in [-0.39, 0.29) is 10.7 Å². The topological polar surface area (TPSA) is 61.3 Å². The highest BCUT2D eigenvalue weighted by Gasteiger charge is 2.30. The van der Waals surface area contributed by atoms with Gasteiger partial charge < -0.3 is 16.1 Å². The molecular formula is C10H26B2N2O. The van der Waals surface area contributed by atoms with Crippen LogP contribution in [0.5, 0.6) is 0 Å². The summed E-state index contributed by atoms with van der Waals surface area (Å²) in [4.78, 5) is 0. The zero-order chi connectivity index (χ0) is 12.1. The molecule has 0 heterocycles. The van der Waals surface area contributed by atoms with Gasteiger partial charge in [-0.05, 0) is 25.6 Å². The molecule has 0 spiro atoms. The molecule has 0 amide bonds. The third-order valence-electron chi connectivity index (χ3n) is 2.58. The molecule has 5 heteroatoms. The van der Waals surface area contributed by atoms with E-state index >= 15 is 0 Å². The zero-order valence-electron chi connectivity index (χ0n) is 11.0. The van der Waals surface area contributed by atoms with Crippen molar-refractivity contribution in [2.45, 2.75) is 57.8 Å². The summed E-state index contributed by atoms with van der Waals surface area (Å²) in [5.41, 5.74) is 11.7. The van der Waals surface area contributed by atoms with Crippen LogP contribution in [0.25, 0.3) is 0 Å². The molecule has 15 heavy (non-hydrogen) atoms. The number of hydrogen-bond donors (Lipinski definition) is 2. The Hall–Kier alpha value is 0.00987. The zero-order valence-corrected chi connectivity index (χ0v) is 11.0. The van der Waals surface area contributed by atoms with Gasteiger partial charge in [-0.3, -0.25) is 0 Å². The van der Waals surface area contributed by atoms with Gasteiger partial charge in [0.05, 0.1) is 6.10 Å². The van der Waals surface area contributed by atoms with Gasteiger partial charge in [0.15, 0.2) is 0 Å². The summed E-state index contributed by atoms with van der Waals surface area (Å²) in [6, 6.07) is 0. The van der Waals surface area contributed by atoms with Crippen molar-refractivity contribution in [3.63, 3.8) is 0 Å². The molecule has 0 saturated heterocycles. The maximum atomic E-state index is 6.07. The normalized spacial score (nSPS) is 16.3. The Morgan fingerprint density at radius 1 is 1.27 bits per heavy atom. The highest BCUT2D eigenvalue weighted by Crippen LogP contribution is 2.30. The molecule has 0 radical (unpaired) electrons. The minimum atomic E-state index is -0.263. The van der Waals surface area contributed by atoms with E-state index in [1.807, 2.05) is 6.92 Å². The van der Waals surface area contributed by atoms with E-state index < -0.39 is 0 Å². The summed E-state index contributed by atoms with van der Waals surface area (Å²) in [5, 5.41) is -0.0703. The Balaban J connectivity index is 3.96. The highest BCUT2D eigenvalue weighted by molar-refractivity contribution is 6.62. The van der Waals surface area contributed by atoms with Gasteiger partial charge in [-0.1, -0.05) is 26.1 Å². The first kappa shape index (κ1) is 15.0. The standard InChI is InChI=1S/C10H26B2N2O/c1-8(2)15-7-6-9(3,4)11-10(5,13)12-14/h8,11-12H,6-7,13-14H2,1-5H3. The minimum Gasteiger partial charge on any atom is -0.379 e. The fourth-order valence-electron chi connectivity index (χ4n) is 1.82. The predicted octanol–water partition coefficient (Wildman–Crippen LogP) is 0.379. The van der Waals surface area contributed by atoms with Crippen LogP contribution in [-0.4, -0.2) is 32.7 Å². The number of nitrogens with two attached hydrogens (primary N) is 2. The van der Waals surface area contributed by atoms with Crippen molar-refractivity contribution < 1.29 is 4.74 Å². The predicted molar refractivity (Wildman–Crippen MR) is 70.8 cm³/mol. The van der Waals surface area contributed by atoms with Crippen LogP contribution < -0.4 is 11.4 Å². The molecule has 0 aromatic carbocycles. The lowest BCUT2D eigenvalue weighted by Gasteiger charge is -2.32. The van der Waals surface area contributed by atoms with Gasteiger partial charge >= 0.3 is 0 Å². The van der Waals surface area contributed by atoms with E-state index in [9.17, 15) is 0 Å². The van der Waals surface area contributed by atoms with Crippen molar-refractivity contribution >= 4 is 14.7 Å². The van der Waals surface area contributed by atoms with E-state index in [2.05, 4.69) is 27.7 Å². The van der Waals surface area contributed by atoms with Crippen LogP contribution in [-0.2, 0) is 4.74 Å². The highest BCUT2D eigenvalue weighted by atomic mass is 16.5. The molecule has 4 N–H and O–H groups in total. The first-order chi connectivity index (χ1) is 6.68. The van der Waals surface area contributed by atoms with Crippen LogP contribution in [0, 0.1) is 0 Å². The Morgan fingerprint density at radius 3 is 2.20 bits per heavy atom. The monoisotopic (exact) mass is 212 g/mol. The van der Waals surface area contributed by atoms with Crippen LogP contribution in [0.3, 0.4) is 0 Å². The lowest BCUT2D eigenvalue weighted by Crippen LogP contribution is -2.55. The quantitative estimate of drug-likeness (QED) is 0.599. The van der Waals surface area contributed by atoms with Crippen LogP contribution >= 0.6 is 0 Å². The SMILES string of the molecule is CC(C)OCCC(C)(C)BC(C)(N)BN. The number of rotatable bonds is 7. The van der Waals surface area contributed by atoms with Gasteiger partial charge in [0.25, 0.3) is 0 Å². The van der Waals surface area contributed by atoms with E-state index in [4.69, 9.17) is 16.1 Å². The van der Waals surface area contributed by atoms with Crippen molar-refractivity contribution in [2.75, 3.05) is 6.61 Å². The van der Waals surface area contributed by atoms with Crippen LogP contribution in [0.2, 0.25) is 5.31 Å². The van der Waals surface area contributed by atoms with Crippen LogP contribution in [0.1, 0.15) is 41.0 Å². The molecule has 88 valence electrons. The first-order valence-corrected chi connectivity index (χ1v) is 5.79. The van der Waals surface area contributed by atoms with Crippen LogP contribution in [0.4, 0.5) is 0 Å². The molecule has 0 rings (SSSR count). The molecule has 0 saturated carbocycles. The third kappa shape index (κ3) is 7.88. The Bertz CT molecular complexity index is 184. The third-order valence-corrected chi connectivity index (χ3v) is 2.58. The van der Waals surface area contributed by atoms with Crippen molar-refractivity contribution in [3.05, 3.63) is 0 Å². The Morgan fingerprint density at radius 2 is 1.80 bits per heavy atom. The van der Waals surface area contributed by atoms with Gasteiger partial charge in [0.2, 0.25) is 7.41 Å². The molecule has 0 fully saturated rings. The fraction of sp³-hybridized carbons (Fsp3) is 1.00. The van der Waals surface area contributed by atoms with E-state index in [1.165, 1.54) is 0 Å². The lowest BCUT2D eigenvalue weighted by molar-refractivity contribution is 0.0720. The molecule has 0 aliphatic carbocycles. The van der Waals surface area contributed by atoms with Gasteiger partial charge in [-0.25, -0.2) is 0 Å². The lowest BCUT2D eigenvalue weighted by atomic mass is 9.35. The van der Waals surface area contributed by atoms with E-state index in [0.717, 1.165) is 20.3 Å². The summed E-state index contributed by atoms with van der Waals surface area (Å²) in [5.74, 6) is 0. The average molecular weight is 212 g/mol. The summed E-state index contributed by atoms with van der Waals surface area (Å²) in [6.07, 6.45) is 1.33. The van der Waals surface area contributed by atoms with Gasteiger partial charge in [0.1, 0.15) is 7.28 Å². The van der Waals surface area contributed by atoms with Gasteiger partial charge in [0, 0.05) is 6.61 Å². The summed E-state index contributed by atoms with van der Waals surface area (Å²) in [6.45, 7) is 11.4. The molecule has 0 aromatic rings. The summed E-state index contributed by atoms with van der Waals surface area (Å²) < 4.78 is 5.55. The fourth-order valence-corrected chi connectivity index (χ4v) is 1.82. The molecule has 1 atom stereocenters.